The fourth-order valence-electron chi connectivity index (χ4n) is 1.71. The van der Waals surface area contributed by atoms with Gasteiger partial charge in [-0.1, -0.05) is 24.3 Å². The molecule has 3 aromatic rings. The van der Waals surface area contributed by atoms with Crippen molar-refractivity contribution >= 4 is 22.2 Å². The molecule has 0 radical (unpaired) electrons. The van der Waals surface area contributed by atoms with Crippen LogP contribution in [0.5, 0.6) is 0 Å². The highest BCUT2D eigenvalue weighted by molar-refractivity contribution is 7.13. The van der Waals surface area contributed by atoms with E-state index in [9.17, 15) is 0 Å². The molecule has 1 nitrogen and oxygen atoms in total. The molecule has 0 spiro atoms. The summed E-state index contributed by atoms with van der Waals surface area (Å²) in [5.41, 5.74) is 2.51. The van der Waals surface area contributed by atoms with Gasteiger partial charge in [-0.05, 0) is 17.5 Å². The van der Waals surface area contributed by atoms with Crippen molar-refractivity contribution in [2.75, 3.05) is 0 Å². The Hall–Kier alpha value is -1.54. The number of rotatable bonds is 1. The van der Waals surface area contributed by atoms with E-state index in [0.29, 0.717) is 0 Å². The van der Waals surface area contributed by atoms with Crippen molar-refractivity contribution in [3.63, 3.8) is 0 Å². The van der Waals surface area contributed by atoms with Crippen LogP contribution in [0.3, 0.4) is 0 Å². The second-order valence-electron chi connectivity index (χ2n) is 3.23. The number of fused-ring (bicyclic) bond motifs is 1. The van der Waals surface area contributed by atoms with Gasteiger partial charge >= 0.3 is 0 Å². The maximum Gasteiger partial charge on any atom is 0.0460 e. The topological polar surface area (TPSA) is 15.8 Å². The first-order chi connectivity index (χ1) is 6.95. The van der Waals surface area contributed by atoms with Crippen molar-refractivity contribution in [1.29, 1.82) is 0 Å². The van der Waals surface area contributed by atoms with Gasteiger partial charge in [-0.2, -0.15) is 0 Å². The Morgan fingerprint density at radius 3 is 2.79 bits per heavy atom. The summed E-state index contributed by atoms with van der Waals surface area (Å²) in [6.07, 6.45) is 2.08. The molecule has 0 aliphatic heterocycles. The molecule has 1 aromatic carbocycles. The molecule has 0 saturated heterocycles. The van der Waals surface area contributed by atoms with Gasteiger partial charge in [-0.3, -0.25) is 0 Å². The molecule has 2 heteroatoms. The Morgan fingerprint density at radius 2 is 1.93 bits per heavy atom. The molecule has 14 heavy (non-hydrogen) atoms. The first-order valence-corrected chi connectivity index (χ1v) is 5.43. The molecule has 2 heterocycles. The van der Waals surface area contributed by atoms with Gasteiger partial charge in [0.15, 0.2) is 0 Å². The van der Waals surface area contributed by atoms with E-state index in [2.05, 4.69) is 53.0 Å². The Balaban J connectivity index is 2.33. The molecule has 3 rings (SSSR count). The second-order valence-corrected chi connectivity index (χ2v) is 4.17. The lowest BCUT2D eigenvalue weighted by Crippen LogP contribution is -1.67. The number of nitrogens with one attached hydrogen (secondary N) is 1. The highest BCUT2D eigenvalue weighted by Crippen LogP contribution is 2.31. The summed E-state index contributed by atoms with van der Waals surface area (Å²) in [7, 11) is 0. The average molecular weight is 199 g/mol. The molecule has 0 amide bonds. The van der Waals surface area contributed by atoms with E-state index in [0.717, 1.165) is 0 Å². The summed E-state index contributed by atoms with van der Waals surface area (Å²) >= 11 is 1.78. The SMILES string of the molecule is c1csc(-c2c[nH]c3ccccc23)c1. The zero-order valence-electron chi connectivity index (χ0n) is 7.53. The fraction of sp³-hybridized carbons (Fsp3) is 0. The molecule has 0 fully saturated rings. The normalized spacial score (nSPS) is 10.9. The largest absolute Gasteiger partial charge is 0.361 e. The van der Waals surface area contributed by atoms with E-state index in [-0.39, 0.29) is 0 Å². The van der Waals surface area contributed by atoms with Crippen LogP contribution in [-0.4, -0.2) is 4.98 Å². The number of H-pyrrole nitrogens is 1. The van der Waals surface area contributed by atoms with Gasteiger partial charge in [0.25, 0.3) is 0 Å². The Morgan fingerprint density at radius 1 is 1.00 bits per heavy atom. The standard InChI is InChI=1S/C12H9NS/c1-2-5-11-9(4-1)10(8-13-11)12-6-3-7-14-12/h1-8,13H. The Kier molecular flexibility index (Phi) is 1.67. The zero-order valence-corrected chi connectivity index (χ0v) is 8.34. The summed E-state index contributed by atoms with van der Waals surface area (Å²) in [6.45, 7) is 0. The van der Waals surface area contributed by atoms with E-state index in [1.54, 1.807) is 11.3 Å². The Bertz CT molecular complexity index is 548. The smallest absolute Gasteiger partial charge is 0.0460 e. The minimum atomic E-state index is 1.20. The molecule has 1 N–H and O–H groups in total. The van der Waals surface area contributed by atoms with Crippen LogP contribution in [0.25, 0.3) is 21.3 Å². The molecular formula is C12H9NS. The minimum Gasteiger partial charge on any atom is -0.361 e. The van der Waals surface area contributed by atoms with Gasteiger partial charge in [-0.25, -0.2) is 0 Å². The maximum absolute atomic E-state index is 3.28. The van der Waals surface area contributed by atoms with Gasteiger partial charge < -0.3 is 4.98 Å². The van der Waals surface area contributed by atoms with Crippen molar-refractivity contribution in [3.8, 4) is 10.4 Å². The summed E-state index contributed by atoms with van der Waals surface area (Å²) < 4.78 is 0. The van der Waals surface area contributed by atoms with Gasteiger partial charge in [0.05, 0.1) is 0 Å². The van der Waals surface area contributed by atoms with Gasteiger partial charge in [0.2, 0.25) is 0 Å². The highest BCUT2D eigenvalue weighted by Gasteiger charge is 2.04. The fourth-order valence-corrected chi connectivity index (χ4v) is 2.46. The number of aromatic amines is 1. The van der Waals surface area contributed by atoms with E-state index in [1.807, 2.05) is 0 Å². The van der Waals surface area contributed by atoms with Crippen LogP contribution in [0, 0.1) is 0 Å². The van der Waals surface area contributed by atoms with E-state index in [4.69, 9.17) is 0 Å². The lowest BCUT2D eigenvalue weighted by atomic mass is 10.1. The zero-order chi connectivity index (χ0) is 9.38. The summed E-state index contributed by atoms with van der Waals surface area (Å²) in [4.78, 5) is 4.60. The van der Waals surface area contributed by atoms with Gasteiger partial charge in [-0.15, -0.1) is 11.3 Å². The molecule has 0 aliphatic rings. The molecule has 68 valence electrons. The number of benzene rings is 1. The van der Waals surface area contributed by atoms with Crippen LogP contribution in [0.15, 0.2) is 48.0 Å². The van der Waals surface area contributed by atoms with Crippen molar-refractivity contribution in [2.24, 2.45) is 0 Å². The third-order valence-corrected chi connectivity index (χ3v) is 3.28. The number of hydrogen-bond donors (Lipinski definition) is 1. The molecule has 2 aromatic heterocycles. The van der Waals surface area contributed by atoms with Crippen LogP contribution in [0.1, 0.15) is 0 Å². The first kappa shape index (κ1) is 7.83. The molecule has 0 atom stereocenters. The molecular weight excluding hydrogens is 190 g/mol. The quantitative estimate of drug-likeness (QED) is 0.612. The summed E-state index contributed by atoms with van der Waals surface area (Å²) in [5, 5.41) is 3.41. The van der Waals surface area contributed by atoms with Gasteiger partial charge in [0, 0.05) is 27.5 Å². The van der Waals surface area contributed by atoms with Gasteiger partial charge in [0.1, 0.15) is 0 Å². The van der Waals surface area contributed by atoms with E-state index in [1.165, 1.54) is 21.3 Å². The van der Waals surface area contributed by atoms with Crippen LogP contribution in [0.2, 0.25) is 0 Å². The lowest BCUT2D eigenvalue weighted by molar-refractivity contribution is 1.48. The number of hydrogen-bond acceptors (Lipinski definition) is 1. The molecule has 0 aliphatic carbocycles. The van der Waals surface area contributed by atoms with Crippen LogP contribution in [0.4, 0.5) is 0 Å². The van der Waals surface area contributed by atoms with Crippen LogP contribution >= 0.6 is 11.3 Å². The predicted molar refractivity (Wildman–Crippen MR) is 61.6 cm³/mol. The van der Waals surface area contributed by atoms with Crippen LogP contribution < -0.4 is 0 Å². The van der Waals surface area contributed by atoms with Crippen molar-refractivity contribution < 1.29 is 0 Å². The van der Waals surface area contributed by atoms with Crippen molar-refractivity contribution in [1.82, 2.24) is 4.98 Å². The summed E-state index contributed by atoms with van der Waals surface area (Å²) in [5.74, 6) is 0. The van der Waals surface area contributed by atoms with E-state index < -0.39 is 0 Å². The van der Waals surface area contributed by atoms with E-state index >= 15 is 0 Å². The maximum atomic E-state index is 3.28. The second kappa shape index (κ2) is 3.00. The number of thiophene rings is 1. The third kappa shape index (κ3) is 1.08. The molecule has 0 unspecified atom stereocenters. The monoisotopic (exact) mass is 199 g/mol. The third-order valence-electron chi connectivity index (χ3n) is 2.38. The average Bonchev–Trinajstić information content (AvgIpc) is 2.85. The highest BCUT2D eigenvalue weighted by atomic mass is 32.1. The van der Waals surface area contributed by atoms with Crippen molar-refractivity contribution in [2.45, 2.75) is 0 Å². The molecule has 0 saturated carbocycles. The summed E-state index contributed by atoms with van der Waals surface area (Å²) in [6, 6.07) is 12.6. The number of para-hydroxylation sites is 1. The number of aromatic nitrogens is 1. The predicted octanol–water partition coefficient (Wildman–Crippen LogP) is 3.90. The van der Waals surface area contributed by atoms with Crippen LogP contribution in [-0.2, 0) is 0 Å². The lowest BCUT2D eigenvalue weighted by Gasteiger charge is -1.93. The Labute approximate surface area is 86.0 Å². The van der Waals surface area contributed by atoms with Crippen molar-refractivity contribution in [3.05, 3.63) is 48.0 Å². The molecule has 0 bridgehead atoms. The minimum absolute atomic E-state index is 1.20. The first-order valence-electron chi connectivity index (χ1n) is 4.55.